The Morgan fingerprint density at radius 2 is 2.04 bits per heavy atom. The predicted octanol–water partition coefficient (Wildman–Crippen LogP) is 2.33. The predicted molar refractivity (Wildman–Crippen MR) is 87.4 cm³/mol. The maximum Gasteiger partial charge on any atom is 0.220 e. The molecule has 5 heteroatoms. The molecule has 0 saturated heterocycles. The van der Waals surface area contributed by atoms with Gasteiger partial charge in [0, 0.05) is 19.4 Å². The van der Waals surface area contributed by atoms with Crippen molar-refractivity contribution >= 4 is 5.91 Å². The lowest BCUT2D eigenvalue weighted by Gasteiger charge is -2.22. The molecule has 5 nitrogen and oxygen atoms in total. The molecule has 0 spiro atoms. The van der Waals surface area contributed by atoms with Crippen molar-refractivity contribution in [2.45, 2.75) is 31.8 Å². The number of rotatable bonds is 8. The Hall–Kier alpha value is -2.27. The van der Waals surface area contributed by atoms with E-state index in [0.717, 1.165) is 11.3 Å². The Labute approximate surface area is 136 Å². The van der Waals surface area contributed by atoms with Gasteiger partial charge < -0.3 is 19.6 Å². The van der Waals surface area contributed by atoms with Gasteiger partial charge in [-0.05, 0) is 43.2 Å². The molecule has 1 atom stereocenters. The first kappa shape index (κ1) is 17.1. The van der Waals surface area contributed by atoms with E-state index in [-0.39, 0.29) is 12.5 Å². The number of ether oxygens (including phenoxy) is 1. The minimum Gasteiger partial charge on any atom is -0.497 e. The van der Waals surface area contributed by atoms with Gasteiger partial charge in [0.25, 0.3) is 0 Å². The Kier molecular flexibility index (Phi) is 5.82. The number of aliphatic hydroxyl groups is 1. The Bertz CT molecular complexity index is 602. The molecular weight excluding hydrogens is 294 g/mol. The van der Waals surface area contributed by atoms with Crippen LogP contribution in [0, 0.1) is 0 Å². The van der Waals surface area contributed by atoms with Crippen molar-refractivity contribution in [2.75, 3.05) is 13.7 Å². The third-order valence-electron chi connectivity index (χ3n) is 3.60. The summed E-state index contributed by atoms with van der Waals surface area (Å²) in [5.74, 6) is 1.41. The van der Waals surface area contributed by atoms with Crippen LogP contribution in [-0.2, 0) is 17.6 Å². The third kappa shape index (κ3) is 5.79. The minimum absolute atomic E-state index is 0.0828. The van der Waals surface area contributed by atoms with Gasteiger partial charge in [-0.1, -0.05) is 12.1 Å². The summed E-state index contributed by atoms with van der Waals surface area (Å²) in [5, 5.41) is 13.1. The monoisotopic (exact) mass is 317 g/mol. The van der Waals surface area contributed by atoms with Crippen LogP contribution in [-0.4, -0.2) is 30.3 Å². The molecule has 1 aromatic heterocycles. The molecule has 1 amide bonds. The lowest BCUT2D eigenvalue weighted by atomic mass is 10.0. The average molecular weight is 317 g/mol. The molecule has 0 unspecified atom stereocenters. The molecule has 23 heavy (non-hydrogen) atoms. The van der Waals surface area contributed by atoms with E-state index in [9.17, 15) is 9.90 Å². The van der Waals surface area contributed by atoms with Gasteiger partial charge in [0.1, 0.15) is 11.5 Å². The second-order valence-electron chi connectivity index (χ2n) is 5.88. The molecule has 0 saturated carbocycles. The third-order valence-corrected chi connectivity index (χ3v) is 3.60. The Morgan fingerprint density at radius 1 is 1.30 bits per heavy atom. The number of hydrogen-bond acceptors (Lipinski definition) is 4. The zero-order valence-corrected chi connectivity index (χ0v) is 13.5. The van der Waals surface area contributed by atoms with Crippen LogP contribution in [0.25, 0.3) is 0 Å². The number of carbonyl (C=O) groups excluding carboxylic acids is 1. The molecule has 0 radical (unpaired) electrons. The Balaban J connectivity index is 1.73. The van der Waals surface area contributed by atoms with Crippen LogP contribution in [0.1, 0.15) is 24.7 Å². The van der Waals surface area contributed by atoms with E-state index in [0.29, 0.717) is 25.0 Å². The summed E-state index contributed by atoms with van der Waals surface area (Å²) in [6, 6.07) is 11.2. The number of nitrogens with one attached hydrogen (secondary N) is 1. The van der Waals surface area contributed by atoms with E-state index in [2.05, 4.69) is 5.32 Å². The van der Waals surface area contributed by atoms with E-state index in [1.54, 1.807) is 32.4 Å². The van der Waals surface area contributed by atoms with Gasteiger partial charge in [0.2, 0.25) is 5.91 Å². The standard InChI is InChI=1S/C18H23NO4/c1-18(21,12-16-4-3-11-23-16)13-19-17(20)10-7-14-5-8-15(22-2)9-6-14/h3-6,8-9,11,21H,7,10,12-13H2,1-2H3,(H,19,20)/t18-/m0/s1. The number of methoxy groups -OCH3 is 1. The van der Waals surface area contributed by atoms with Gasteiger partial charge in [-0.15, -0.1) is 0 Å². The van der Waals surface area contributed by atoms with Gasteiger partial charge >= 0.3 is 0 Å². The zero-order valence-electron chi connectivity index (χ0n) is 13.5. The fraction of sp³-hybridized carbons (Fsp3) is 0.389. The average Bonchev–Trinajstić information content (AvgIpc) is 3.03. The number of carbonyl (C=O) groups is 1. The van der Waals surface area contributed by atoms with E-state index < -0.39 is 5.60 Å². The van der Waals surface area contributed by atoms with E-state index in [4.69, 9.17) is 9.15 Å². The highest BCUT2D eigenvalue weighted by Gasteiger charge is 2.23. The normalized spacial score (nSPS) is 13.3. The molecule has 1 heterocycles. The number of benzene rings is 1. The van der Waals surface area contributed by atoms with Gasteiger partial charge in [0.05, 0.1) is 19.0 Å². The minimum atomic E-state index is -1.03. The van der Waals surface area contributed by atoms with E-state index >= 15 is 0 Å². The van der Waals surface area contributed by atoms with Crippen LogP contribution in [0.15, 0.2) is 47.1 Å². The second-order valence-corrected chi connectivity index (χ2v) is 5.88. The molecule has 0 aliphatic rings. The molecule has 2 aromatic rings. The molecule has 2 N–H and O–H groups in total. The van der Waals surface area contributed by atoms with E-state index in [1.165, 1.54) is 0 Å². The van der Waals surface area contributed by atoms with Crippen LogP contribution in [0.5, 0.6) is 5.75 Å². The van der Waals surface area contributed by atoms with Crippen LogP contribution in [0.4, 0.5) is 0 Å². The summed E-state index contributed by atoms with van der Waals surface area (Å²) < 4.78 is 10.3. The van der Waals surface area contributed by atoms with Crippen LogP contribution in [0.2, 0.25) is 0 Å². The van der Waals surface area contributed by atoms with Crippen molar-refractivity contribution in [1.82, 2.24) is 5.32 Å². The van der Waals surface area contributed by atoms with Crippen molar-refractivity contribution in [3.8, 4) is 5.75 Å². The van der Waals surface area contributed by atoms with Crippen molar-refractivity contribution in [1.29, 1.82) is 0 Å². The smallest absolute Gasteiger partial charge is 0.220 e. The fourth-order valence-electron chi connectivity index (χ4n) is 2.28. The maximum absolute atomic E-state index is 11.9. The highest BCUT2D eigenvalue weighted by molar-refractivity contribution is 5.76. The van der Waals surface area contributed by atoms with Gasteiger partial charge in [-0.25, -0.2) is 0 Å². The van der Waals surface area contributed by atoms with Crippen molar-refractivity contribution < 1.29 is 19.1 Å². The quantitative estimate of drug-likeness (QED) is 0.784. The van der Waals surface area contributed by atoms with Crippen LogP contribution < -0.4 is 10.1 Å². The first-order valence-corrected chi connectivity index (χ1v) is 7.63. The molecule has 1 aromatic carbocycles. The lowest BCUT2D eigenvalue weighted by molar-refractivity contribution is -0.122. The first-order chi connectivity index (χ1) is 11.0. The van der Waals surface area contributed by atoms with Gasteiger partial charge in [-0.2, -0.15) is 0 Å². The van der Waals surface area contributed by atoms with E-state index in [1.807, 2.05) is 24.3 Å². The van der Waals surface area contributed by atoms with Gasteiger partial charge in [0.15, 0.2) is 0 Å². The molecule has 0 fully saturated rings. The number of hydrogen-bond donors (Lipinski definition) is 2. The zero-order chi connectivity index (χ0) is 16.7. The molecule has 0 aliphatic carbocycles. The summed E-state index contributed by atoms with van der Waals surface area (Å²) >= 11 is 0. The van der Waals surface area contributed by atoms with Crippen molar-refractivity contribution in [3.05, 3.63) is 54.0 Å². The number of aryl methyl sites for hydroxylation is 1. The SMILES string of the molecule is COc1ccc(CCC(=O)NC[C@@](C)(O)Cc2ccco2)cc1. The highest BCUT2D eigenvalue weighted by atomic mass is 16.5. The first-order valence-electron chi connectivity index (χ1n) is 7.63. The topological polar surface area (TPSA) is 71.7 Å². The van der Waals surface area contributed by atoms with Gasteiger partial charge in [-0.3, -0.25) is 4.79 Å². The fourth-order valence-corrected chi connectivity index (χ4v) is 2.28. The van der Waals surface area contributed by atoms with Crippen molar-refractivity contribution in [2.24, 2.45) is 0 Å². The largest absolute Gasteiger partial charge is 0.497 e. The summed E-state index contributed by atoms with van der Waals surface area (Å²) in [6.07, 6.45) is 2.96. The summed E-state index contributed by atoms with van der Waals surface area (Å²) in [5.41, 5.74) is 0.0384. The van der Waals surface area contributed by atoms with Crippen LogP contribution >= 0.6 is 0 Å². The number of amides is 1. The summed E-state index contributed by atoms with van der Waals surface area (Å²) in [4.78, 5) is 11.9. The van der Waals surface area contributed by atoms with Crippen molar-refractivity contribution in [3.63, 3.8) is 0 Å². The molecule has 124 valence electrons. The molecular formula is C18H23NO4. The summed E-state index contributed by atoms with van der Waals surface area (Å²) in [6.45, 7) is 1.87. The lowest BCUT2D eigenvalue weighted by Crippen LogP contribution is -2.42. The second kappa shape index (κ2) is 7.83. The highest BCUT2D eigenvalue weighted by Crippen LogP contribution is 2.14. The summed E-state index contributed by atoms with van der Waals surface area (Å²) in [7, 11) is 1.62. The Morgan fingerprint density at radius 3 is 2.65 bits per heavy atom. The number of furan rings is 1. The molecule has 0 bridgehead atoms. The van der Waals surface area contributed by atoms with Crippen LogP contribution in [0.3, 0.4) is 0 Å². The molecule has 2 rings (SSSR count). The molecule has 0 aliphatic heterocycles. The maximum atomic E-state index is 11.9.